The molecule has 2 rings (SSSR count). The fraction of sp³-hybridized carbons (Fsp3) is 0.727. The number of aliphatic hydroxyl groups is 1. The first-order chi connectivity index (χ1) is 13.0. The Labute approximate surface area is 167 Å². The summed E-state index contributed by atoms with van der Waals surface area (Å²) >= 11 is 0. The van der Waals surface area contributed by atoms with Crippen LogP contribution in [0.25, 0.3) is 0 Å². The molecule has 0 amide bonds. The average Bonchev–Trinajstić information content (AvgIpc) is 3.28. The number of fused-ring (bicyclic) bond motifs is 1. The van der Waals surface area contributed by atoms with E-state index >= 15 is 0 Å². The first-order valence-electron chi connectivity index (χ1n) is 10.1. The number of aliphatic hydroxyl groups excluding tert-OH is 1. The quantitative estimate of drug-likeness (QED) is 0.341. The average molecular weight is 395 g/mol. The molecule has 1 N–H and O–H groups in total. The van der Waals surface area contributed by atoms with Gasteiger partial charge >= 0.3 is 11.9 Å². The van der Waals surface area contributed by atoms with E-state index in [1.165, 1.54) is 6.92 Å². The van der Waals surface area contributed by atoms with E-state index in [2.05, 4.69) is 0 Å². The lowest BCUT2D eigenvalue weighted by atomic mass is 9.77. The van der Waals surface area contributed by atoms with Gasteiger partial charge in [0, 0.05) is 18.4 Å². The molecule has 1 aliphatic heterocycles. The van der Waals surface area contributed by atoms with Gasteiger partial charge in [0.2, 0.25) is 0 Å². The molecule has 0 saturated carbocycles. The Morgan fingerprint density at radius 1 is 1.29 bits per heavy atom. The summed E-state index contributed by atoms with van der Waals surface area (Å²) in [5.74, 6) is -1.34. The molecule has 158 valence electrons. The van der Waals surface area contributed by atoms with Crippen LogP contribution in [0.3, 0.4) is 0 Å². The summed E-state index contributed by atoms with van der Waals surface area (Å²) in [4.78, 5) is 24.4. The smallest absolute Gasteiger partial charge is 0.333 e. The van der Waals surface area contributed by atoms with Crippen molar-refractivity contribution >= 4 is 11.9 Å². The Morgan fingerprint density at radius 3 is 2.46 bits per heavy atom. The van der Waals surface area contributed by atoms with Crippen LogP contribution >= 0.6 is 0 Å². The summed E-state index contributed by atoms with van der Waals surface area (Å²) in [6.45, 7) is 12.6. The van der Waals surface area contributed by atoms with Gasteiger partial charge in [0.1, 0.15) is 24.4 Å². The second-order valence-corrected chi connectivity index (χ2v) is 8.52. The van der Waals surface area contributed by atoms with Crippen LogP contribution in [0.4, 0.5) is 0 Å². The second kappa shape index (κ2) is 8.78. The van der Waals surface area contributed by atoms with E-state index in [-0.39, 0.29) is 17.6 Å². The highest BCUT2D eigenvalue weighted by atomic mass is 16.6. The van der Waals surface area contributed by atoms with E-state index in [0.29, 0.717) is 5.57 Å². The van der Waals surface area contributed by atoms with Crippen molar-refractivity contribution in [1.29, 1.82) is 0 Å². The van der Waals surface area contributed by atoms with Crippen LogP contribution in [0.15, 0.2) is 23.3 Å². The highest BCUT2D eigenvalue weighted by Gasteiger charge is 2.61. The van der Waals surface area contributed by atoms with Gasteiger partial charge in [-0.1, -0.05) is 26.0 Å². The first-order valence-corrected chi connectivity index (χ1v) is 10.1. The van der Waals surface area contributed by atoms with Crippen molar-refractivity contribution in [2.24, 2.45) is 11.8 Å². The molecule has 0 aromatic heterocycles. The largest absolute Gasteiger partial charge is 0.459 e. The maximum atomic E-state index is 12.5. The van der Waals surface area contributed by atoms with Crippen LogP contribution in [-0.4, -0.2) is 47.1 Å². The van der Waals surface area contributed by atoms with Gasteiger partial charge < -0.3 is 19.3 Å². The maximum Gasteiger partial charge on any atom is 0.333 e. The SMILES string of the molecule is C/C=C(\C)C(=O)O[C@H]1[C@H](C(C)C)[C@H](OC(C)=O)[C@H]2O[C@]2(C)CCC=C(C)[C@@H]1O. The van der Waals surface area contributed by atoms with Crippen LogP contribution in [-0.2, 0) is 23.8 Å². The summed E-state index contributed by atoms with van der Waals surface area (Å²) in [6, 6.07) is 0. The zero-order chi connectivity index (χ0) is 21.2. The van der Waals surface area contributed by atoms with Crippen molar-refractivity contribution < 1.29 is 28.9 Å². The van der Waals surface area contributed by atoms with Gasteiger partial charge in [-0.05, 0) is 52.0 Å². The third kappa shape index (κ3) is 4.84. The topological polar surface area (TPSA) is 85.4 Å². The lowest BCUT2D eigenvalue weighted by molar-refractivity contribution is -0.169. The number of hydrogen-bond acceptors (Lipinski definition) is 6. The van der Waals surface area contributed by atoms with Crippen LogP contribution in [0, 0.1) is 11.8 Å². The highest BCUT2D eigenvalue weighted by Crippen LogP contribution is 2.48. The molecule has 0 radical (unpaired) electrons. The summed E-state index contributed by atoms with van der Waals surface area (Å²) in [6.07, 6.45) is 2.42. The zero-order valence-electron chi connectivity index (χ0n) is 18.0. The zero-order valence-corrected chi connectivity index (χ0v) is 18.0. The lowest BCUT2D eigenvalue weighted by Gasteiger charge is -2.38. The van der Waals surface area contributed by atoms with Crippen molar-refractivity contribution in [3.63, 3.8) is 0 Å². The van der Waals surface area contributed by atoms with E-state index < -0.39 is 36.2 Å². The fourth-order valence-corrected chi connectivity index (χ4v) is 4.01. The number of hydrogen-bond donors (Lipinski definition) is 1. The molecule has 6 heteroatoms. The molecule has 28 heavy (non-hydrogen) atoms. The number of carbonyl (C=O) groups excluding carboxylic acids is 2. The van der Waals surface area contributed by atoms with Gasteiger partial charge in [-0.25, -0.2) is 4.79 Å². The molecule has 6 nitrogen and oxygen atoms in total. The van der Waals surface area contributed by atoms with Crippen molar-refractivity contribution in [2.75, 3.05) is 0 Å². The number of epoxide rings is 1. The monoisotopic (exact) mass is 394 g/mol. The molecule has 0 spiro atoms. The normalized spacial score (nSPS) is 36.2. The van der Waals surface area contributed by atoms with Crippen LogP contribution in [0.5, 0.6) is 0 Å². The molecule has 1 heterocycles. The van der Waals surface area contributed by atoms with Gasteiger partial charge in [-0.2, -0.15) is 0 Å². The molecular weight excluding hydrogens is 360 g/mol. The number of esters is 2. The van der Waals surface area contributed by atoms with Crippen molar-refractivity contribution in [3.8, 4) is 0 Å². The molecule has 0 aromatic rings. The number of carbonyl (C=O) groups is 2. The third-order valence-corrected chi connectivity index (χ3v) is 5.95. The predicted octanol–water partition coefficient (Wildman–Crippen LogP) is 3.33. The molecule has 1 saturated heterocycles. The van der Waals surface area contributed by atoms with Crippen LogP contribution < -0.4 is 0 Å². The predicted molar refractivity (Wildman–Crippen MR) is 105 cm³/mol. The van der Waals surface area contributed by atoms with Gasteiger partial charge in [-0.3, -0.25) is 4.79 Å². The van der Waals surface area contributed by atoms with E-state index in [9.17, 15) is 14.7 Å². The summed E-state index contributed by atoms with van der Waals surface area (Å²) in [7, 11) is 0. The first kappa shape index (κ1) is 22.6. The molecule has 1 aliphatic carbocycles. The maximum absolute atomic E-state index is 12.5. The van der Waals surface area contributed by atoms with Gasteiger partial charge in [-0.15, -0.1) is 0 Å². The van der Waals surface area contributed by atoms with Crippen LogP contribution in [0.2, 0.25) is 0 Å². The minimum absolute atomic E-state index is 0.0246. The van der Waals surface area contributed by atoms with Crippen molar-refractivity contribution in [1.82, 2.24) is 0 Å². The fourth-order valence-electron chi connectivity index (χ4n) is 4.01. The highest BCUT2D eigenvalue weighted by molar-refractivity contribution is 5.87. The Bertz CT molecular complexity index is 664. The second-order valence-electron chi connectivity index (χ2n) is 8.52. The molecule has 0 unspecified atom stereocenters. The Balaban J connectivity index is 2.51. The van der Waals surface area contributed by atoms with Gasteiger partial charge in [0.25, 0.3) is 0 Å². The van der Waals surface area contributed by atoms with E-state index in [4.69, 9.17) is 14.2 Å². The lowest BCUT2D eigenvalue weighted by Crippen LogP contribution is -2.50. The Kier molecular flexibility index (Phi) is 7.10. The third-order valence-electron chi connectivity index (χ3n) is 5.95. The Hall–Kier alpha value is -1.66. The van der Waals surface area contributed by atoms with Crippen molar-refractivity contribution in [3.05, 3.63) is 23.3 Å². The summed E-state index contributed by atoms with van der Waals surface area (Å²) in [5.41, 5.74) is 0.816. The molecule has 0 bridgehead atoms. The van der Waals surface area contributed by atoms with Crippen LogP contribution in [0.1, 0.15) is 61.3 Å². The standard InChI is InChI=1S/C22H34O6/c1-8-13(4)21(25)27-18-16(12(2)3)19(26-15(6)23)20-22(7,28-20)11-9-10-14(5)17(18)24/h8,10,12,16-20,24H,9,11H2,1-7H3/b13-8+,14-10?/t16-,17-,18-,19-,20+,22+/m0/s1. The van der Waals surface area contributed by atoms with E-state index in [1.807, 2.05) is 33.8 Å². The number of ether oxygens (including phenoxy) is 3. The molecule has 1 fully saturated rings. The molecule has 6 atom stereocenters. The van der Waals surface area contributed by atoms with E-state index in [0.717, 1.165) is 18.4 Å². The number of rotatable bonds is 4. The Morgan fingerprint density at radius 2 is 1.93 bits per heavy atom. The minimum Gasteiger partial charge on any atom is -0.459 e. The van der Waals surface area contributed by atoms with E-state index in [1.54, 1.807) is 19.9 Å². The summed E-state index contributed by atoms with van der Waals surface area (Å²) < 4.78 is 17.5. The van der Waals surface area contributed by atoms with Gasteiger partial charge in [0.15, 0.2) is 0 Å². The molecule has 0 aromatic carbocycles. The summed E-state index contributed by atoms with van der Waals surface area (Å²) in [5, 5.41) is 11.1. The van der Waals surface area contributed by atoms with Gasteiger partial charge in [0.05, 0.1) is 5.60 Å². The molecular formula is C22H34O6. The number of allylic oxidation sites excluding steroid dienone is 2. The van der Waals surface area contributed by atoms with Crippen molar-refractivity contribution in [2.45, 2.75) is 91.3 Å². The molecule has 2 aliphatic rings. The minimum atomic E-state index is -0.984.